The average molecular weight is 262 g/mol. The zero-order valence-electron chi connectivity index (χ0n) is 11.9. The number of nitrogens with zero attached hydrogens (tertiary/aromatic N) is 3. The fourth-order valence-corrected chi connectivity index (χ4v) is 2.57. The Morgan fingerprint density at radius 2 is 1.95 bits per heavy atom. The molecule has 2 N–H and O–H groups in total. The Morgan fingerprint density at radius 1 is 1.32 bits per heavy atom. The lowest BCUT2D eigenvalue weighted by atomic mass is 9.75. The molecule has 1 heterocycles. The van der Waals surface area contributed by atoms with Gasteiger partial charge in [0.05, 0.1) is 0 Å². The first-order valence-corrected chi connectivity index (χ1v) is 6.75. The van der Waals surface area contributed by atoms with Crippen molar-refractivity contribution >= 4 is 11.7 Å². The molecule has 1 saturated carbocycles. The second-order valence-corrected chi connectivity index (χ2v) is 6.15. The number of hydrogen-bond acceptors (Lipinski definition) is 4. The van der Waals surface area contributed by atoms with E-state index in [0.29, 0.717) is 23.0 Å². The van der Waals surface area contributed by atoms with Crippen LogP contribution in [0.4, 0.5) is 5.82 Å². The van der Waals surface area contributed by atoms with Crippen LogP contribution >= 0.6 is 0 Å². The normalized spacial score (nSPS) is 19.1. The van der Waals surface area contributed by atoms with Gasteiger partial charge < -0.3 is 10.6 Å². The number of anilines is 1. The summed E-state index contributed by atoms with van der Waals surface area (Å²) >= 11 is 0. The fourth-order valence-electron chi connectivity index (χ4n) is 2.57. The summed E-state index contributed by atoms with van der Waals surface area (Å²) in [5.41, 5.74) is 6.24. The molecule has 5 heteroatoms. The van der Waals surface area contributed by atoms with Gasteiger partial charge in [0.15, 0.2) is 5.69 Å². The highest BCUT2D eigenvalue weighted by molar-refractivity contribution is 5.92. The minimum Gasteiger partial charge on any atom is -0.382 e. The van der Waals surface area contributed by atoms with Gasteiger partial charge in [-0.25, -0.2) is 0 Å². The molecule has 5 nitrogen and oxygen atoms in total. The molecule has 19 heavy (non-hydrogen) atoms. The summed E-state index contributed by atoms with van der Waals surface area (Å²) in [6, 6.07) is 3.55. The number of nitrogens with two attached hydrogens (primary N) is 1. The van der Waals surface area contributed by atoms with E-state index in [0.717, 1.165) is 25.7 Å². The molecule has 1 aliphatic rings. The Balaban J connectivity index is 2.02. The number of rotatable bonds is 2. The predicted octanol–water partition coefficient (Wildman–Crippen LogP) is 2.10. The van der Waals surface area contributed by atoms with Gasteiger partial charge in [-0.3, -0.25) is 4.79 Å². The van der Waals surface area contributed by atoms with Gasteiger partial charge in [-0.15, -0.1) is 10.2 Å². The first-order chi connectivity index (χ1) is 8.89. The van der Waals surface area contributed by atoms with E-state index in [4.69, 9.17) is 5.73 Å². The third-order valence-corrected chi connectivity index (χ3v) is 4.08. The molecule has 0 spiro atoms. The minimum absolute atomic E-state index is 0.0720. The van der Waals surface area contributed by atoms with Gasteiger partial charge in [0.2, 0.25) is 0 Å². The fraction of sp³-hybridized carbons (Fsp3) is 0.643. The molecule has 0 atom stereocenters. The quantitative estimate of drug-likeness (QED) is 0.886. The van der Waals surface area contributed by atoms with Gasteiger partial charge in [-0.05, 0) is 43.2 Å². The molecule has 0 saturated heterocycles. The van der Waals surface area contributed by atoms with E-state index in [1.54, 1.807) is 17.0 Å². The topological polar surface area (TPSA) is 72.1 Å². The Kier molecular flexibility index (Phi) is 3.73. The van der Waals surface area contributed by atoms with Gasteiger partial charge in [0, 0.05) is 13.1 Å². The van der Waals surface area contributed by atoms with Crippen LogP contribution in [0.1, 0.15) is 50.0 Å². The van der Waals surface area contributed by atoms with E-state index < -0.39 is 0 Å². The standard InChI is InChI=1S/C14H22N4O/c1-14(2)8-6-10(7-9-14)18(3)13(19)11-4-5-12(15)17-16-11/h4-5,10H,6-9H2,1-3H3,(H2,15,17). The van der Waals surface area contributed by atoms with Gasteiger partial charge in [0.1, 0.15) is 5.82 Å². The molecule has 104 valence electrons. The van der Waals surface area contributed by atoms with Crippen LogP contribution in [0.25, 0.3) is 0 Å². The van der Waals surface area contributed by atoms with Crippen LogP contribution in [0.15, 0.2) is 12.1 Å². The van der Waals surface area contributed by atoms with E-state index >= 15 is 0 Å². The maximum absolute atomic E-state index is 12.3. The van der Waals surface area contributed by atoms with Crippen molar-refractivity contribution in [2.75, 3.05) is 12.8 Å². The van der Waals surface area contributed by atoms with Crippen LogP contribution in [0.5, 0.6) is 0 Å². The van der Waals surface area contributed by atoms with Crippen LogP contribution in [0.2, 0.25) is 0 Å². The number of nitrogen functional groups attached to an aromatic ring is 1. The minimum atomic E-state index is -0.0720. The van der Waals surface area contributed by atoms with Crippen molar-refractivity contribution in [1.82, 2.24) is 15.1 Å². The van der Waals surface area contributed by atoms with Crippen molar-refractivity contribution in [1.29, 1.82) is 0 Å². The van der Waals surface area contributed by atoms with E-state index in [-0.39, 0.29) is 5.91 Å². The number of aromatic nitrogens is 2. The lowest BCUT2D eigenvalue weighted by Crippen LogP contribution is -2.41. The number of hydrogen-bond donors (Lipinski definition) is 1. The third-order valence-electron chi connectivity index (χ3n) is 4.08. The monoisotopic (exact) mass is 262 g/mol. The Bertz CT molecular complexity index is 445. The van der Waals surface area contributed by atoms with Crippen molar-refractivity contribution < 1.29 is 4.79 Å². The van der Waals surface area contributed by atoms with Crippen molar-refractivity contribution in [2.24, 2.45) is 5.41 Å². The summed E-state index contributed by atoms with van der Waals surface area (Å²) in [5, 5.41) is 7.59. The molecule has 0 aromatic carbocycles. The highest BCUT2D eigenvalue weighted by atomic mass is 16.2. The summed E-state index contributed by atoms with van der Waals surface area (Å²) in [6.45, 7) is 4.58. The zero-order valence-corrected chi connectivity index (χ0v) is 11.9. The summed E-state index contributed by atoms with van der Waals surface area (Å²) in [7, 11) is 1.85. The molecule has 0 radical (unpaired) electrons. The third kappa shape index (κ3) is 3.22. The Morgan fingerprint density at radius 3 is 2.47 bits per heavy atom. The number of carbonyl (C=O) groups excluding carboxylic acids is 1. The molecule has 1 aliphatic carbocycles. The highest BCUT2D eigenvalue weighted by Gasteiger charge is 2.31. The van der Waals surface area contributed by atoms with Gasteiger partial charge in [0.25, 0.3) is 5.91 Å². The highest BCUT2D eigenvalue weighted by Crippen LogP contribution is 2.36. The van der Waals surface area contributed by atoms with Crippen molar-refractivity contribution in [3.8, 4) is 0 Å². The molecular formula is C14H22N4O. The molecule has 1 aromatic rings. The maximum Gasteiger partial charge on any atom is 0.274 e. The summed E-state index contributed by atoms with van der Waals surface area (Å²) in [6.07, 6.45) is 4.42. The molecule has 0 aliphatic heterocycles. The lowest BCUT2D eigenvalue weighted by Gasteiger charge is -2.38. The van der Waals surface area contributed by atoms with Crippen molar-refractivity contribution in [3.05, 3.63) is 17.8 Å². The molecule has 1 fully saturated rings. The van der Waals surface area contributed by atoms with E-state index in [2.05, 4.69) is 24.0 Å². The SMILES string of the molecule is CN(C(=O)c1ccc(N)nn1)C1CCC(C)(C)CC1. The van der Waals surface area contributed by atoms with Gasteiger partial charge in [-0.1, -0.05) is 13.8 Å². The smallest absolute Gasteiger partial charge is 0.274 e. The second-order valence-electron chi connectivity index (χ2n) is 6.15. The molecule has 2 rings (SSSR count). The van der Waals surface area contributed by atoms with Gasteiger partial charge in [-0.2, -0.15) is 0 Å². The second kappa shape index (κ2) is 5.15. The van der Waals surface area contributed by atoms with Crippen LogP contribution in [0, 0.1) is 5.41 Å². The van der Waals surface area contributed by atoms with Crippen molar-refractivity contribution in [2.45, 2.75) is 45.6 Å². The van der Waals surface area contributed by atoms with Crippen LogP contribution in [-0.4, -0.2) is 34.1 Å². The Hall–Kier alpha value is -1.65. The number of amides is 1. The average Bonchev–Trinajstić information content (AvgIpc) is 2.38. The van der Waals surface area contributed by atoms with Crippen LogP contribution in [-0.2, 0) is 0 Å². The van der Waals surface area contributed by atoms with E-state index in [1.165, 1.54) is 0 Å². The van der Waals surface area contributed by atoms with Crippen LogP contribution < -0.4 is 5.73 Å². The molecule has 0 bridgehead atoms. The lowest BCUT2D eigenvalue weighted by molar-refractivity contribution is 0.0628. The molecular weight excluding hydrogens is 240 g/mol. The first kappa shape index (κ1) is 13.8. The summed E-state index contributed by atoms with van der Waals surface area (Å²) < 4.78 is 0. The van der Waals surface area contributed by atoms with E-state index in [9.17, 15) is 4.79 Å². The molecule has 1 aromatic heterocycles. The maximum atomic E-state index is 12.3. The van der Waals surface area contributed by atoms with Crippen LogP contribution in [0.3, 0.4) is 0 Å². The van der Waals surface area contributed by atoms with Crippen molar-refractivity contribution in [3.63, 3.8) is 0 Å². The first-order valence-electron chi connectivity index (χ1n) is 6.75. The predicted molar refractivity (Wildman–Crippen MR) is 74.6 cm³/mol. The Labute approximate surface area is 114 Å². The molecule has 0 unspecified atom stereocenters. The summed E-state index contributed by atoms with van der Waals surface area (Å²) in [5.74, 6) is 0.260. The zero-order chi connectivity index (χ0) is 14.0. The van der Waals surface area contributed by atoms with E-state index in [1.807, 2.05) is 7.05 Å². The van der Waals surface area contributed by atoms with Gasteiger partial charge >= 0.3 is 0 Å². The molecule has 1 amide bonds. The summed E-state index contributed by atoms with van der Waals surface area (Å²) in [4.78, 5) is 14.1. The number of carbonyl (C=O) groups is 1. The largest absolute Gasteiger partial charge is 0.382 e.